The highest BCUT2D eigenvalue weighted by atomic mass is 79.9. The Morgan fingerprint density at radius 2 is 2.21 bits per heavy atom. The molecular formula is C14H20BrClN2O. The van der Waals surface area contributed by atoms with Crippen molar-refractivity contribution in [1.82, 2.24) is 4.90 Å². The van der Waals surface area contributed by atoms with Crippen LogP contribution in [-0.2, 0) is 0 Å². The summed E-state index contributed by atoms with van der Waals surface area (Å²) in [5, 5.41) is 0. The van der Waals surface area contributed by atoms with E-state index < -0.39 is 0 Å². The van der Waals surface area contributed by atoms with Crippen LogP contribution in [0.1, 0.15) is 29.3 Å². The Kier molecular flexibility index (Phi) is 5.42. The fourth-order valence-electron chi connectivity index (χ4n) is 2.36. The van der Waals surface area contributed by atoms with Crippen LogP contribution in [0.4, 0.5) is 0 Å². The minimum atomic E-state index is 0. The van der Waals surface area contributed by atoms with Crippen molar-refractivity contribution in [3.63, 3.8) is 0 Å². The van der Waals surface area contributed by atoms with Gasteiger partial charge in [0.05, 0.1) is 0 Å². The molecule has 0 bridgehead atoms. The molecule has 3 nitrogen and oxygen atoms in total. The molecule has 0 aromatic heterocycles. The zero-order valence-corrected chi connectivity index (χ0v) is 13.7. The van der Waals surface area contributed by atoms with Gasteiger partial charge in [0.15, 0.2) is 0 Å². The van der Waals surface area contributed by atoms with Gasteiger partial charge in [-0.1, -0.05) is 28.9 Å². The number of amides is 1. The Morgan fingerprint density at radius 1 is 1.53 bits per heavy atom. The van der Waals surface area contributed by atoms with Crippen molar-refractivity contribution >= 4 is 34.2 Å². The van der Waals surface area contributed by atoms with Gasteiger partial charge in [0.25, 0.3) is 5.91 Å². The second-order valence-electron chi connectivity index (χ2n) is 5.45. The van der Waals surface area contributed by atoms with Gasteiger partial charge in [-0.3, -0.25) is 4.79 Å². The maximum atomic E-state index is 12.5. The average Bonchev–Trinajstić information content (AvgIpc) is 2.75. The van der Waals surface area contributed by atoms with Crippen LogP contribution in [0.3, 0.4) is 0 Å². The summed E-state index contributed by atoms with van der Waals surface area (Å²) in [6.07, 6.45) is 0.988. The summed E-state index contributed by atoms with van der Waals surface area (Å²) in [5.74, 6) is 0.117. The van der Waals surface area contributed by atoms with E-state index in [2.05, 4.69) is 22.9 Å². The lowest BCUT2D eigenvalue weighted by Crippen LogP contribution is -2.34. The number of benzene rings is 1. The Bertz CT molecular complexity index is 481. The normalized spacial score (nSPS) is 22.2. The van der Waals surface area contributed by atoms with Gasteiger partial charge in [-0.25, -0.2) is 0 Å². The SMILES string of the molecule is Cc1ccc(Br)cc1C(=O)N1CCC(C)(CN)C1.Cl. The fourth-order valence-corrected chi connectivity index (χ4v) is 2.72. The molecule has 106 valence electrons. The number of halogens is 2. The smallest absolute Gasteiger partial charge is 0.254 e. The highest BCUT2D eigenvalue weighted by Crippen LogP contribution is 2.30. The second-order valence-corrected chi connectivity index (χ2v) is 6.37. The molecule has 1 unspecified atom stereocenters. The predicted octanol–water partition coefficient (Wildman–Crippen LogP) is 2.99. The molecule has 1 saturated heterocycles. The number of hydrogen-bond donors (Lipinski definition) is 1. The van der Waals surface area contributed by atoms with E-state index in [9.17, 15) is 4.79 Å². The van der Waals surface area contributed by atoms with Gasteiger partial charge in [0, 0.05) is 23.1 Å². The van der Waals surface area contributed by atoms with Crippen LogP contribution in [0.5, 0.6) is 0 Å². The molecule has 1 aromatic rings. The molecule has 0 saturated carbocycles. The van der Waals surface area contributed by atoms with Gasteiger partial charge in [0.2, 0.25) is 0 Å². The van der Waals surface area contributed by atoms with Gasteiger partial charge in [0.1, 0.15) is 0 Å². The van der Waals surface area contributed by atoms with E-state index in [0.717, 1.165) is 35.1 Å². The number of nitrogens with zero attached hydrogens (tertiary/aromatic N) is 1. The number of aryl methyl sites for hydroxylation is 1. The largest absolute Gasteiger partial charge is 0.338 e. The molecule has 0 radical (unpaired) electrons. The standard InChI is InChI=1S/C14H19BrN2O.ClH/c1-10-3-4-11(15)7-12(10)13(18)17-6-5-14(2,8-16)9-17;/h3-4,7H,5-6,8-9,16H2,1-2H3;1H. The van der Waals surface area contributed by atoms with Gasteiger partial charge >= 0.3 is 0 Å². The molecule has 2 rings (SSSR count). The number of nitrogens with two attached hydrogens (primary N) is 1. The predicted molar refractivity (Wildman–Crippen MR) is 83.8 cm³/mol. The van der Waals surface area contributed by atoms with Crippen molar-refractivity contribution in [1.29, 1.82) is 0 Å². The molecule has 5 heteroatoms. The molecule has 1 atom stereocenters. The molecular weight excluding hydrogens is 328 g/mol. The third kappa shape index (κ3) is 3.50. The summed E-state index contributed by atoms with van der Waals surface area (Å²) in [6, 6.07) is 5.82. The van der Waals surface area contributed by atoms with Crippen LogP contribution in [0, 0.1) is 12.3 Å². The highest BCUT2D eigenvalue weighted by molar-refractivity contribution is 9.10. The lowest BCUT2D eigenvalue weighted by Gasteiger charge is -2.23. The number of likely N-dealkylation sites (tertiary alicyclic amines) is 1. The quantitative estimate of drug-likeness (QED) is 0.894. The van der Waals surface area contributed by atoms with Crippen LogP contribution >= 0.6 is 28.3 Å². The molecule has 19 heavy (non-hydrogen) atoms. The van der Waals surface area contributed by atoms with E-state index >= 15 is 0 Å². The van der Waals surface area contributed by atoms with Crippen molar-refractivity contribution in [3.8, 4) is 0 Å². The fraction of sp³-hybridized carbons (Fsp3) is 0.500. The third-order valence-electron chi connectivity index (χ3n) is 3.77. The molecule has 0 spiro atoms. The number of rotatable bonds is 2. The summed E-state index contributed by atoms with van der Waals surface area (Å²) in [5.41, 5.74) is 7.66. The molecule has 1 fully saturated rings. The van der Waals surface area contributed by atoms with Gasteiger partial charge in [-0.2, -0.15) is 0 Å². The summed E-state index contributed by atoms with van der Waals surface area (Å²) < 4.78 is 0.942. The van der Waals surface area contributed by atoms with E-state index in [1.807, 2.05) is 30.0 Å². The van der Waals surface area contributed by atoms with Crippen LogP contribution < -0.4 is 5.73 Å². The van der Waals surface area contributed by atoms with E-state index in [1.54, 1.807) is 0 Å². The summed E-state index contributed by atoms with van der Waals surface area (Å²) >= 11 is 3.42. The monoisotopic (exact) mass is 346 g/mol. The number of hydrogen-bond acceptors (Lipinski definition) is 2. The number of carbonyl (C=O) groups excluding carboxylic acids is 1. The number of carbonyl (C=O) groups is 1. The Hall–Kier alpha value is -0.580. The average molecular weight is 348 g/mol. The lowest BCUT2D eigenvalue weighted by atomic mass is 9.90. The van der Waals surface area contributed by atoms with Crippen LogP contribution in [0.2, 0.25) is 0 Å². The molecule has 0 aliphatic carbocycles. The van der Waals surface area contributed by atoms with Crippen LogP contribution in [-0.4, -0.2) is 30.4 Å². The van der Waals surface area contributed by atoms with Crippen molar-refractivity contribution in [2.75, 3.05) is 19.6 Å². The van der Waals surface area contributed by atoms with Gasteiger partial charge in [-0.05, 0) is 43.0 Å². The van der Waals surface area contributed by atoms with E-state index in [0.29, 0.717) is 6.54 Å². The zero-order valence-electron chi connectivity index (χ0n) is 11.3. The molecule has 1 amide bonds. The van der Waals surface area contributed by atoms with Gasteiger partial charge < -0.3 is 10.6 Å². The zero-order chi connectivity index (χ0) is 13.3. The first kappa shape index (κ1) is 16.5. The topological polar surface area (TPSA) is 46.3 Å². The summed E-state index contributed by atoms with van der Waals surface area (Å²) in [4.78, 5) is 14.4. The first-order valence-electron chi connectivity index (χ1n) is 6.21. The van der Waals surface area contributed by atoms with Crippen molar-refractivity contribution in [3.05, 3.63) is 33.8 Å². The maximum absolute atomic E-state index is 12.5. The molecule has 1 heterocycles. The first-order valence-corrected chi connectivity index (χ1v) is 7.00. The Morgan fingerprint density at radius 3 is 2.79 bits per heavy atom. The lowest BCUT2D eigenvalue weighted by molar-refractivity contribution is 0.0776. The second kappa shape index (κ2) is 6.25. The van der Waals surface area contributed by atoms with E-state index in [1.165, 1.54) is 0 Å². The van der Waals surface area contributed by atoms with Gasteiger partial charge in [-0.15, -0.1) is 12.4 Å². The minimum absolute atomic E-state index is 0. The summed E-state index contributed by atoms with van der Waals surface area (Å²) in [7, 11) is 0. The maximum Gasteiger partial charge on any atom is 0.254 e. The first-order chi connectivity index (χ1) is 8.45. The Balaban J connectivity index is 0.00000180. The molecule has 1 aliphatic heterocycles. The van der Waals surface area contributed by atoms with Crippen molar-refractivity contribution in [2.45, 2.75) is 20.3 Å². The van der Waals surface area contributed by atoms with Crippen LogP contribution in [0.15, 0.2) is 22.7 Å². The van der Waals surface area contributed by atoms with Crippen LogP contribution in [0.25, 0.3) is 0 Å². The third-order valence-corrected chi connectivity index (χ3v) is 4.26. The van der Waals surface area contributed by atoms with Crippen molar-refractivity contribution < 1.29 is 4.79 Å². The van der Waals surface area contributed by atoms with E-state index in [4.69, 9.17) is 5.73 Å². The highest BCUT2D eigenvalue weighted by Gasteiger charge is 2.35. The molecule has 2 N–H and O–H groups in total. The molecule has 1 aromatic carbocycles. The van der Waals surface area contributed by atoms with Crippen molar-refractivity contribution in [2.24, 2.45) is 11.1 Å². The molecule has 1 aliphatic rings. The Labute approximate surface area is 129 Å². The summed E-state index contributed by atoms with van der Waals surface area (Å²) in [6.45, 7) is 6.31. The van der Waals surface area contributed by atoms with E-state index in [-0.39, 0.29) is 23.7 Å². The minimum Gasteiger partial charge on any atom is -0.338 e.